The fourth-order valence-electron chi connectivity index (χ4n) is 2.60. The first-order valence-corrected chi connectivity index (χ1v) is 8.56. The van der Waals surface area contributed by atoms with Crippen molar-refractivity contribution in [2.75, 3.05) is 5.75 Å². The van der Waals surface area contributed by atoms with E-state index in [4.69, 9.17) is 0 Å². The van der Waals surface area contributed by atoms with E-state index in [1.807, 2.05) is 10.6 Å². The number of nitrogens with one attached hydrogen (secondary N) is 1. The average Bonchev–Trinajstić information content (AvgIpc) is 3.06. The molecule has 0 aliphatic heterocycles. The zero-order valence-corrected chi connectivity index (χ0v) is 13.7. The van der Waals surface area contributed by atoms with Gasteiger partial charge in [-0.3, -0.25) is 4.79 Å². The number of aromatic nitrogens is 3. The van der Waals surface area contributed by atoms with Crippen LogP contribution in [0.2, 0.25) is 0 Å². The lowest BCUT2D eigenvalue weighted by Crippen LogP contribution is -2.33. The molecule has 0 unspecified atom stereocenters. The summed E-state index contributed by atoms with van der Waals surface area (Å²) in [5.41, 5.74) is 0. The molecule has 5 nitrogen and oxygen atoms in total. The molecule has 1 saturated carbocycles. The third-order valence-electron chi connectivity index (χ3n) is 3.63. The number of rotatable bonds is 7. The lowest BCUT2D eigenvalue weighted by molar-refractivity contribution is -0.119. The predicted molar refractivity (Wildman–Crippen MR) is 85.4 cm³/mol. The summed E-state index contributed by atoms with van der Waals surface area (Å²) >= 11 is 1.45. The van der Waals surface area contributed by atoms with Crippen LogP contribution in [0.25, 0.3) is 0 Å². The second-order valence-electron chi connectivity index (χ2n) is 5.73. The number of carbonyl (C=O) groups is 1. The highest BCUT2D eigenvalue weighted by Gasteiger charge is 2.19. The minimum Gasteiger partial charge on any atom is -0.353 e. The third kappa shape index (κ3) is 4.33. The van der Waals surface area contributed by atoms with Gasteiger partial charge in [-0.05, 0) is 12.8 Å². The summed E-state index contributed by atoms with van der Waals surface area (Å²) in [4.78, 5) is 12.0. The van der Waals surface area contributed by atoms with Crippen molar-refractivity contribution in [2.45, 2.75) is 63.2 Å². The summed E-state index contributed by atoms with van der Waals surface area (Å²) in [7, 11) is 0. The number of hydrogen-bond donors (Lipinski definition) is 1. The van der Waals surface area contributed by atoms with Gasteiger partial charge in [0.05, 0.1) is 5.75 Å². The van der Waals surface area contributed by atoms with Crippen molar-refractivity contribution >= 4 is 17.7 Å². The first-order valence-electron chi connectivity index (χ1n) is 7.58. The number of amides is 1. The Labute approximate surface area is 130 Å². The van der Waals surface area contributed by atoms with Crippen LogP contribution in [0.15, 0.2) is 17.8 Å². The number of allylic oxidation sites excluding steroid dienone is 1. The molecule has 1 aliphatic rings. The fourth-order valence-corrected chi connectivity index (χ4v) is 3.37. The molecular formula is C15H24N4OS. The molecular weight excluding hydrogens is 284 g/mol. The second kappa shape index (κ2) is 7.64. The molecule has 1 N–H and O–H groups in total. The van der Waals surface area contributed by atoms with E-state index < -0.39 is 0 Å². The largest absolute Gasteiger partial charge is 0.353 e. The molecule has 1 fully saturated rings. The van der Waals surface area contributed by atoms with Gasteiger partial charge < -0.3 is 9.88 Å². The van der Waals surface area contributed by atoms with Crippen LogP contribution < -0.4 is 5.32 Å². The van der Waals surface area contributed by atoms with Gasteiger partial charge in [-0.25, -0.2) is 0 Å². The number of carbonyl (C=O) groups excluding carboxylic acids is 1. The summed E-state index contributed by atoms with van der Waals surface area (Å²) in [6.07, 6.45) is 6.51. The van der Waals surface area contributed by atoms with E-state index in [0.29, 0.717) is 24.3 Å². The van der Waals surface area contributed by atoms with E-state index in [0.717, 1.165) is 23.8 Å². The van der Waals surface area contributed by atoms with Crippen LogP contribution in [0.3, 0.4) is 0 Å². The average molecular weight is 308 g/mol. The maximum absolute atomic E-state index is 12.0. The van der Waals surface area contributed by atoms with Gasteiger partial charge in [-0.2, -0.15) is 0 Å². The van der Waals surface area contributed by atoms with Crippen molar-refractivity contribution in [3.63, 3.8) is 0 Å². The smallest absolute Gasteiger partial charge is 0.230 e. The van der Waals surface area contributed by atoms with Gasteiger partial charge in [-0.1, -0.05) is 44.5 Å². The maximum Gasteiger partial charge on any atom is 0.230 e. The van der Waals surface area contributed by atoms with Crippen LogP contribution in [-0.4, -0.2) is 32.5 Å². The van der Waals surface area contributed by atoms with E-state index >= 15 is 0 Å². The van der Waals surface area contributed by atoms with Gasteiger partial charge in [0, 0.05) is 18.5 Å². The summed E-state index contributed by atoms with van der Waals surface area (Å²) in [6.45, 7) is 8.63. The number of nitrogens with zero attached hydrogens (tertiary/aromatic N) is 3. The summed E-state index contributed by atoms with van der Waals surface area (Å²) < 4.78 is 2.03. The lowest BCUT2D eigenvalue weighted by Gasteiger charge is -2.12. The Morgan fingerprint density at radius 2 is 2.19 bits per heavy atom. The van der Waals surface area contributed by atoms with Crippen molar-refractivity contribution < 1.29 is 4.79 Å². The second-order valence-corrected chi connectivity index (χ2v) is 6.67. The molecule has 1 amide bonds. The summed E-state index contributed by atoms with van der Waals surface area (Å²) in [5, 5.41) is 12.3. The predicted octanol–water partition coefficient (Wildman–Crippen LogP) is 2.74. The van der Waals surface area contributed by atoms with E-state index in [2.05, 4.69) is 35.9 Å². The van der Waals surface area contributed by atoms with Crippen LogP contribution in [0, 0.1) is 0 Å². The van der Waals surface area contributed by atoms with Gasteiger partial charge >= 0.3 is 0 Å². The van der Waals surface area contributed by atoms with Gasteiger partial charge in [0.25, 0.3) is 0 Å². The number of hydrogen-bond acceptors (Lipinski definition) is 4. The van der Waals surface area contributed by atoms with Crippen LogP contribution in [0.5, 0.6) is 0 Å². The van der Waals surface area contributed by atoms with Crippen molar-refractivity contribution in [2.24, 2.45) is 0 Å². The van der Waals surface area contributed by atoms with Gasteiger partial charge in [0.1, 0.15) is 5.82 Å². The third-order valence-corrected chi connectivity index (χ3v) is 4.59. The van der Waals surface area contributed by atoms with Crippen LogP contribution in [0.4, 0.5) is 0 Å². The normalized spacial score (nSPS) is 15.6. The first kappa shape index (κ1) is 16.1. The van der Waals surface area contributed by atoms with Crippen molar-refractivity contribution in [3.05, 3.63) is 18.5 Å². The molecule has 21 heavy (non-hydrogen) atoms. The van der Waals surface area contributed by atoms with Gasteiger partial charge in [0.2, 0.25) is 5.91 Å². The van der Waals surface area contributed by atoms with Gasteiger partial charge in [0.15, 0.2) is 5.16 Å². The maximum atomic E-state index is 12.0. The van der Waals surface area contributed by atoms with Crippen molar-refractivity contribution in [1.82, 2.24) is 20.1 Å². The highest BCUT2D eigenvalue weighted by atomic mass is 32.2. The quantitative estimate of drug-likeness (QED) is 0.621. The Kier molecular flexibility index (Phi) is 5.85. The Hall–Kier alpha value is -1.30. The van der Waals surface area contributed by atoms with E-state index in [-0.39, 0.29) is 5.91 Å². The topological polar surface area (TPSA) is 59.8 Å². The highest BCUT2D eigenvalue weighted by Crippen LogP contribution is 2.22. The van der Waals surface area contributed by atoms with Crippen molar-refractivity contribution in [1.29, 1.82) is 0 Å². The lowest BCUT2D eigenvalue weighted by atomic mass is 10.2. The molecule has 1 aliphatic carbocycles. The SMILES string of the molecule is C=CCn1c(SCC(=O)NC2CCCC2)nnc1C(C)C. The Balaban J connectivity index is 1.92. The molecule has 0 atom stereocenters. The van der Waals surface area contributed by atoms with Gasteiger partial charge in [-0.15, -0.1) is 16.8 Å². The molecule has 0 spiro atoms. The van der Waals surface area contributed by atoms with E-state index in [9.17, 15) is 4.79 Å². The number of thioether (sulfide) groups is 1. The molecule has 1 aromatic heterocycles. The molecule has 0 saturated heterocycles. The monoisotopic (exact) mass is 308 g/mol. The summed E-state index contributed by atoms with van der Waals surface area (Å²) in [6, 6.07) is 0.371. The van der Waals surface area contributed by atoms with Crippen LogP contribution in [0.1, 0.15) is 51.3 Å². The minimum atomic E-state index is 0.0890. The standard InChI is InChI=1S/C15H24N4OS/c1-4-9-19-14(11(2)3)17-18-15(19)21-10-13(20)16-12-7-5-6-8-12/h4,11-12H,1,5-10H2,2-3H3,(H,16,20). The molecule has 1 heterocycles. The minimum absolute atomic E-state index is 0.0890. The molecule has 0 radical (unpaired) electrons. The molecule has 0 aromatic carbocycles. The van der Waals surface area contributed by atoms with E-state index in [1.165, 1.54) is 24.6 Å². The molecule has 6 heteroatoms. The Morgan fingerprint density at radius 1 is 1.48 bits per heavy atom. The fraction of sp³-hybridized carbons (Fsp3) is 0.667. The molecule has 0 bridgehead atoms. The zero-order chi connectivity index (χ0) is 15.2. The summed E-state index contributed by atoms with van der Waals surface area (Å²) in [5.74, 6) is 1.73. The van der Waals surface area contributed by atoms with Crippen LogP contribution in [-0.2, 0) is 11.3 Å². The van der Waals surface area contributed by atoms with Crippen LogP contribution >= 0.6 is 11.8 Å². The molecule has 2 rings (SSSR count). The molecule has 1 aromatic rings. The Bertz CT molecular complexity index is 492. The zero-order valence-electron chi connectivity index (χ0n) is 12.8. The van der Waals surface area contributed by atoms with E-state index in [1.54, 1.807) is 0 Å². The first-order chi connectivity index (χ1) is 10.1. The highest BCUT2D eigenvalue weighted by molar-refractivity contribution is 7.99. The Morgan fingerprint density at radius 3 is 2.81 bits per heavy atom. The molecule has 116 valence electrons. The van der Waals surface area contributed by atoms with Crippen molar-refractivity contribution in [3.8, 4) is 0 Å².